The highest BCUT2D eigenvalue weighted by molar-refractivity contribution is 6.05. The van der Waals surface area contributed by atoms with E-state index in [9.17, 15) is 29.4 Å². The summed E-state index contributed by atoms with van der Waals surface area (Å²) < 4.78 is 13.4. The van der Waals surface area contributed by atoms with Gasteiger partial charge in [-0.1, -0.05) is 0 Å². The van der Waals surface area contributed by atoms with Crippen LogP contribution in [0.4, 0.5) is 27.1 Å². The Morgan fingerprint density at radius 3 is 2.29 bits per heavy atom. The van der Waals surface area contributed by atoms with Crippen molar-refractivity contribution in [3.05, 3.63) is 68.0 Å². The minimum atomic E-state index is -1.02. The number of carbonyl (C=O) groups excluding carboxylic acids is 1. The fourth-order valence-electron chi connectivity index (χ4n) is 3.15. The molecular weight excluding hydrogens is 371 g/mol. The second-order valence-corrected chi connectivity index (χ2v) is 6.39. The van der Waals surface area contributed by atoms with E-state index in [1.807, 2.05) is 4.90 Å². The second-order valence-electron chi connectivity index (χ2n) is 6.39. The largest absolute Gasteiger partial charge is 0.366 e. The number of nitro benzene ring substituents is 2. The normalized spacial score (nSPS) is 13.8. The zero-order valence-electron chi connectivity index (χ0n) is 14.8. The number of hydrogen-bond donors (Lipinski definition) is 1. The van der Waals surface area contributed by atoms with Gasteiger partial charge in [0.15, 0.2) is 0 Å². The molecule has 0 saturated carbocycles. The van der Waals surface area contributed by atoms with Gasteiger partial charge >= 0.3 is 5.69 Å². The zero-order valence-corrected chi connectivity index (χ0v) is 14.8. The van der Waals surface area contributed by atoms with E-state index in [1.54, 1.807) is 0 Å². The molecule has 0 aromatic heterocycles. The lowest BCUT2D eigenvalue weighted by Crippen LogP contribution is -2.30. The van der Waals surface area contributed by atoms with Crippen molar-refractivity contribution in [3.63, 3.8) is 0 Å². The van der Waals surface area contributed by atoms with Gasteiger partial charge in [0, 0.05) is 36.5 Å². The summed E-state index contributed by atoms with van der Waals surface area (Å²) in [7, 11) is 0. The van der Waals surface area contributed by atoms with Gasteiger partial charge in [0.05, 0.1) is 9.85 Å². The first-order valence-corrected chi connectivity index (χ1v) is 8.65. The van der Waals surface area contributed by atoms with Crippen molar-refractivity contribution in [2.24, 2.45) is 0 Å². The number of halogens is 1. The van der Waals surface area contributed by atoms with Crippen LogP contribution in [0.1, 0.15) is 29.6 Å². The molecule has 0 aliphatic carbocycles. The molecule has 28 heavy (non-hydrogen) atoms. The maximum atomic E-state index is 13.4. The maximum absolute atomic E-state index is 13.4. The Morgan fingerprint density at radius 2 is 1.64 bits per heavy atom. The minimum absolute atomic E-state index is 0.0147. The van der Waals surface area contributed by atoms with Crippen LogP contribution in [-0.2, 0) is 0 Å². The molecule has 1 N–H and O–H groups in total. The summed E-state index contributed by atoms with van der Waals surface area (Å²) in [5, 5.41) is 24.7. The number of hydrogen-bond acceptors (Lipinski definition) is 6. The fourth-order valence-corrected chi connectivity index (χ4v) is 3.15. The van der Waals surface area contributed by atoms with Gasteiger partial charge in [0.2, 0.25) is 5.82 Å². The summed E-state index contributed by atoms with van der Waals surface area (Å²) >= 11 is 0. The van der Waals surface area contributed by atoms with Crippen molar-refractivity contribution in [3.8, 4) is 0 Å². The third-order valence-electron chi connectivity index (χ3n) is 4.53. The predicted molar refractivity (Wildman–Crippen MR) is 100 cm³/mol. The summed E-state index contributed by atoms with van der Waals surface area (Å²) in [6, 6.07) is 7.11. The molecule has 1 saturated heterocycles. The summed E-state index contributed by atoms with van der Waals surface area (Å²) in [6.45, 7) is 1.43. The number of amides is 1. The van der Waals surface area contributed by atoms with E-state index in [0.29, 0.717) is 18.8 Å². The Hall–Kier alpha value is -3.56. The topological polar surface area (TPSA) is 119 Å². The predicted octanol–water partition coefficient (Wildman–Crippen LogP) is 3.88. The molecule has 1 heterocycles. The lowest BCUT2D eigenvalue weighted by Gasteiger charge is -2.28. The Bertz CT molecular complexity index is 944. The molecule has 0 bridgehead atoms. The summed E-state index contributed by atoms with van der Waals surface area (Å²) in [5.41, 5.74) is -0.456. The molecule has 3 rings (SSSR count). The zero-order chi connectivity index (χ0) is 20.3. The van der Waals surface area contributed by atoms with Crippen LogP contribution in [0.2, 0.25) is 0 Å². The number of rotatable bonds is 5. The van der Waals surface area contributed by atoms with Gasteiger partial charge in [0.1, 0.15) is 5.69 Å². The number of nitro groups is 2. The summed E-state index contributed by atoms with van der Waals surface area (Å²) in [4.78, 5) is 35.2. The summed E-state index contributed by atoms with van der Waals surface area (Å²) in [5.74, 6) is -1.71. The Kier molecular flexibility index (Phi) is 5.48. The van der Waals surface area contributed by atoms with Crippen molar-refractivity contribution < 1.29 is 19.0 Å². The SMILES string of the molecule is O=C(Nc1ccc(F)c([N+](=O)[O-])c1)c1ccc(N2CCCCC2)c([N+](=O)[O-])c1. The molecule has 2 aromatic rings. The van der Waals surface area contributed by atoms with E-state index in [0.717, 1.165) is 31.4 Å². The molecule has 10 heteroatoms. The highest BCUT2D eigenvalue weighted by Crippen LogP contribution is 2.31. The van der Waals surface area contributed by atoms with Gasteiger partial charge in [-0.25, -0.2) is 0 Å². The van der Waals surface area contributed by atoms with Gasteiger partial charge in [-0.05, 0) is 43.5 Å². The number of benzene rings is 2. The van der Waals surface area contributed by atoms with Crippen LogP contribution in [0.25, 0.3) is 0 Å². The average molecular weight is 388 g/mol. The molecule has 0 unspecified atom stereocenters. The smallest absolute Gasteiger partial charge is 0.306 e. The highest BCUT2D eigenvalue weighted by atomic mass is 19.1. The van der Waals surface area contributed by atoms with Crippen LogP contribution in [0.5, 0.6) is 0 Å². The van der Waals surface area contributed by atoms with Crippen LogP contribution in [0.3, 0.4) is 0 Å². The fraction of sp³-hybridized carbons (Fsp3) is 0.278. The molecule has 146 valence electrons. The molecule has 0 atom stereocenters. The van der Waals surface area contributed by atoms with Crippen LogP contribution in [-0.4, -0.2) is 28.8 Å². The van der Waals surface area contributed by atoms with Gasteiger partial charge in [-0.2, -0.15) is 4.39 Å². The Labute approximate surface area is 159 Å². The van der Waals surface area contributed by atoms with Crippen LogP contribution >= 0.6 is 0 Å². The molecule has 2 aromatic carbocycles. The number of carbonyl (C=O) groups is 1. The van der Waals surface area contributed by atoms with Crippen LogP contribution in [0, 0.1) is 26.0 Å². The van der Waals surface area contributed by atoms with Gasteiger partial charge in [-0.3, -0.25) is 25.0 Å². The van der Waals surface area contributed by atoms with Gasteiger partial charge < -0.3 is 10.2 Å². The lowest BCUT2D eigenvalue weighted by molar-refractivity contribution is -0.387. The van der Waals surface area contributed by atoms with E-state index in [2.05, 4.69) is 5.32 Å². The average Bonchev–Trinajstić information content (AvgIpc) is 2.69. The van der Waals surface area contributed by atoms with Gasteiger partial charge in [-0.15, -0.1) is 0 Å². The molecular formula is C18H17FN4O5. The number of anilines is 2. The number of nitrogens with one attached hydrogen (secondary N) is 1. The van der Waals surface area contributed by atoms with E-state index in [1.165, 1.54) is 24.3 Å². The Balaban J connectivity index is 1.86. The van der Waals surface area contributed by atoms with Crippen molar-refractivity contribution in [1.82, 2.24) is 0 Å². The molecule has 1 amide bonds. The lowest BCUT2D eigenvalue weighted by atomic mass is 10.1. The van der Waals surface area contributed by atoms with Crippen molar-refractivity contribution >= 4 is 28.7 Å². The van der Waals surface area contributed by atoms with Crippen molar-refractivity contribution in [2.75, 3.05) is 23.3 Å². The Morgan fingerprint density at radius 1 is 0.964 bits per heavy atom. The monoisotopic (exact) mass is 388 g/mol. The molecule has 1 aliphatic heterocycles. The standard InChI is InChI=1S/C18H17FN4O5/c19-14-6-5-13(11-16(14)22(25)26)20-18(24)12-4-7-15(17(10-12)23(27)28)21-8-2-1-3-9-21/h4-7,10-11H,1-3,8-9H2,(H,20,24). The van der Waals surface area contributed by atoms with Crippen LogP contribution in [0.15, 0.2) is 36.4 Å². The van der Waals surface area contributed by atoms with Crippen LogP contribution < -0.4 is 10.2 Å². The van der Waals surface area contributed by atoms with E-state index in [-0.39, 0.29) is 16.9 Å². The first-order valence-electron chi connectivity index (χ1n) is 8.65. The number of piperidine rings is 1. The maximum Gasteiger partial charge on any atom is 0.306 e. The quantitative estimate of drug-likeness (QED) is 0.613. The van der Waals surface area contributed by atoms with Crippen molar-refractivity contribution in [2.45, 2.75) is 19.3 Å². The van der Waals surface area contributed by atoms with E-state index < -0.39 is 27.3 Å². The van der Waals surface area contributed by atoms with E-state index in [4.69, 9.17) is 0 Å². The summed E-state index contributed by atoms with van der Waals surface area (Å²) in [6.07, 6.45) is 2.97. The third kappa shape index (κ3) is 4.05. The van der Waals surface area contributed by atoms with Crippen molar-refractivity contribution in [1.29, 1.82) is 0 Å². The number of nitrogens with zero attached hydrogens (tertiary/aromatic N) is 3. The second kappa shape index (κ2) is 7.99. The van der Waals surface area contributed by atoms with E-state index >= 15 is 0 Å². The molecule has 1 fully saturated rings. The van der Waals surface area contributed by atoms with Gasteiger partial charge in [0.25, 0.3) is 11.6 Å². The first kappa shape index (κ1) is 19.2. The minimum Gasteiger partial charge on any atom is -0.366 e. The molecule has 0 radical (unpaired) electrons. The molecule has 0 spiro atoms. The molecule has 9 nitrogen and oxygen atoms in total. The highest BCUT2D eigenvalue weighted by Gasteiger charge is 2.23. The molecule has 1 aliphatic rings. The third-order valence-corrected chi connectivity index (χ3v) is 4.53. The first-order chi connectivity index (χ1) is 13.4.